The van der Waals surface area contributed by atoms with Gasteiger partial charge in [-0.15, -0.1) is 11.3 Å². The Bertz CT molecular complexity index is 955. The minimum atomic E-state index is -0.108. The lowest BCUT2D eigenvalue weighted by Crippen LogP contribution is -2.12. The fraction of sp³-hybridized carbons (Fsp3) is 0.261. The maximum Gasteiger partial charge on any atom is 0.226 e. The zero-order valence-electron chi connectivity index (χ0n) is 16.9. The van der Waals surface area contributed by atoms with Gasteiger partial charge in [-0.3, -0.25) is 9.59 Å². The fourth-order valence-electron chi connectivity index (χ4n) is 2.84. The summed E-state index contributed by atoms with van der Waals surface area (Å²) < 4.78 is 5.61. The molecule has 6 nitrogen and oxygen atoms in total. The second-order valence-corrected chi connectivity index (χ2v) is 7.65. The van der Waals surface area contributed by atoms with Gasteiger partial charge in [0.05, 0.1) is 12.3 Å². The van der Waals surface area contributed by atoms with Crippen LogP contribution < -0.4 is 10.6 Å². The third-order valence-corrected chi connectivity index (χ3v) is 5.08. The molecule has 2 aromatic carbocycles. The third kappa shape index (κ3) is 7.09. The molecule has 30 heavy (non-hydrogen) atoms. The monoisotopic (exact) mass is 423 g/mol. The highest BCUT2D eigenvalue weighted by molar-refractivity contribution is 7.14. The number of aromatic nitrogens is 1. The van der Waals surface area contributed by atoms with E-state index in [4.69, 9.17) is 4.74 Å². The number of hydrogen-bond donors (Lipinski definition) is 2. The second-order valence-electron chi connectivity index (χ2n) is 6.80. The number of carbonyl (C=O) groups is 2. The first-order chi connectivity index (χ1) is 14.6. The van der Waals surface area contributed by atoms with Crippen LogP contribution in [0.4, 0.5) is 10.8 Å². The van der Waals surface area contributed by atoms with Crippen LogP contribution in [0.5, 0.6) is 0 Å². The van der Waals surface area contributed by atoms with Crippen molar-refractivity contribution in [1.29, 1.82) is 0 Å². The molecule has 0 aliphatic carbocycles. The summed E-state index contributed by atoms with van der Waals surface area (Å²) in [6, 6.07) is 17.6. The molecule has 0 saturated heterocycles. The average Bonchev–Trinajstić information content (AvgIpc) is 3.20. The summed E-state index contributed by atoms with van der Waals surface area (Å²) in [5, 5.41) is 8.05. The van der Waals surface area contributed by atoms with Gasteiger partial charge in [0.25, 0.3) is 0 Å². The summed E-state index contributed by atoms with van der Waals surface area (Å²) in [5.41, 5.74) is 3.70. The predicted molar refractivity (Wildman–Crippen MR) is 121 cm³/mol. The Morgan fingerprint density at radius 3 is 2.50 bits per heavy atom. The Kier molecular flexibility index (Phi) is 8.11. The van der Waals surface area contributed by atoms with Crippen molar-refractivity contribution in [1.82, 2.24) is 4.98 Å². The molecular weight excluding hydrogens is 398 g/mol. The molecule has 0 saturated carbocycles. The number of carbonyl (C=O) groups excluding carboxylic acids is 2. The van der Waals surface area contributed by atoms with Crippen molar-refractivity contribution in [3.05, 3.63) is 65.5 Å². The lowest BCUT2D eigenvalue weighted by molar-refractivity contribution is -0.116. The minimum Gasteiger partial charge on any atom is -0.381 e. The topological polar surface area (TPSA) is 80.3 Å². The lowest BCUT2D eigenvalue weighted by atomic mass is 10.1. The van der Waals surface area contributed by atoms with Crippen LogP contribution in [-0.2, 0) is 20.7 Å². The minimum absolute atomic E-state index is 0.0661. The highest BCUT2D eigenvalue weighted by atomic mass is 32.1. The van der Waals surface area contributed by atoms with Crippen LogP contribution in [0.25, 0.3) is 11.3 Å². The van der Waals surface area contributed by atoms with Crippen molar-refractivity contribution in [2.45, 2.75) is 26.2 Å². The zero-order chi connectivity index (χ0) is 21.2. The van der Waals surface area contributed by atoms with Gasteiger partial charge in [-0.25, -0.2) is 4.98 Å². The highest BCUT2D eigenvalue weighted by Gasteiger charge is 2.08. The summed E-state index contributed by atoms with van der Waals surface area (Å²) in [7, 11) is 0. The van der Waals surface area contributed by atoms with Gasteiger partial charge in [0, 0.05) is 36.6 Å². The molecule has 0 spiro atoms. The maximum absolute atomic E-state index is 12.1. The molecule has 3 aromatic rings. The molecule has 0 aliphatic rings. The molecule has 7 heteroatoms. The van der Waals surface area contributed by atoms with Gasteiger partial charge < -0.3 is 15.4 Å². The van der Waals surface area contributed by atoms with Gasteiger partial charge >= 0.3 is 0 Å². The van der Waals surface area contributed by atoms with E-state index in [-0.39, 0.29) is 11.8 Å². The van der Waals surface area contributed by atoms with E-state index in [1.807, 2.05) is 47.8 Å². The van der Waals surface area contributed by atoms with Crippen molar-refractivity contribution in [3.8, 4) is 11.3 Å². The van der Waals surface area contributed by atoms with E-state index >= 15 is 0 Å². The van der Waals surface area contributed by atoms with Gasteiger partial charge in [-0.1, -0.05) is 42.5 Å². The van der Waals surface area contributed by atoms with Gasteiger partial charge in [-0.2, -0.15) is 0 Å². The smallest absolute Gasteiger partial charge is 0.226 e. The number of thiazole rings is 1. The van der Waals surface area contributed by atoms with Crippen LogP contribution in [0.2, 0.25) is 0 Å². The SMILES string of the molecule is CC(=O)Nc1ccc(-c2csc(NC(=O)CCCOCCc3ccccc3)n2)cc1. The zero-order valence-corrected chi connectivity index (χ0v) is 17.7. The van der Waals surface area contributed by atoms with Gasteiger partial charge in [0.15, 0.2) is 5.13 Å². The summed E-state index contributed by atoms with van der Waals surface area (Å²) >= 11 is 1.39. The molecule has 3 rings (SSSR count). The first-order valence-corrected chi connectivity index (χ1v) is 10.7. The fourth-order valence-corrected chi connectivity index (χ4v) is 3.58. The van der Waals surface area contributed by atoms with Crippen molar-refractivity contribution in [2.75, 3.05) is 23.8 Å². The number of ether oxygens (including phenoxy) is 1. The third-order valence-electron chi connectivity index (χ3n) is 4.32. The average molecular weight is 424 g/mol. The largest absolute Gasteiger partial charge is 0.381 e. The summed E-state index contributed by atoms with van der Waals surface area (Å²) in [6.45, 7) is 2.69. The van der Waals surface area contributed by atoms with E-state index < -0.39 is 0 Å². The number of rotatable bonds is 10. The van der Waals surface area contributed by atoms with Crippen LogP contribution in [0.1, 0.15) is 25.3 Å². The Morgan fingerprint density at radius 1 is 1.00 bits per heavy atom. The Hall–Kier alpha value is -3.03. The van der Waals surface area contributed by atoms with Gasteiger partial charge in [0.1, 0.15) is 0 Å². The molecule has 1 heterocycles. The standard InChI is InChI=1S/C23H25N3O3S/c1-17(27)24-20-11-9-19(10-12-20)21-16-30-23(25-21)26-22(28)8-5-14-29-15-13-18-6-3-2-4-7-18/h2-4,6-7,9-12,16H,5,8,13-15H2,1H3,(H,24,27)(H,25,26,28). The van der Waals surface area contributed by atoms with E-state index in [1.165, 1.54) is 23.8 Å². The Morgan fingerprint density at radius 2 is 1.77 bits per heavy atom. The number of nitrogens with one attached hydrogen (secondary N) is 2. The van der Waals surface area contributed by atoms with E-state index in [2.05, 4.69) is 27.8 Å². The molecule has 0 bridgehead atoms. The van der Waals surface area contributed by atoms with E-state index in [9.17, 15) is 9.59 Å². The molecule has 0 radical (unpaired) electrons. The molecule has 1 aromatic heterocycles. The van der Waals surface area contributed by atoms with Crippen molar-refractivity contribution in [3.63, 3.8) is 0 Å². The second kappa shape index (κ2) is 11.2. The number of benzene rings is 2. The van der Waals surface area contributed by atoms with Crippen molar-refractivity contribution >= 4 is 34.0 Å². The van der Waals surface area contributed by atoms with Crippen LogP contribution in [0, 0.1) is 0 Å². The van der Waals surface area contributed by atoms with Crippen LogP contribution in [0.3, 0.4) is 0 Å². The highest BCUT2D eigenvalue weighted by Crippen LogP contribution is 2.26. The molecule has 2 N–H and O–H groups in total. The maximum atomic E-state index is 12.1. The first-order valence-electron chi connectivity index (χ1n) is 9.85. The molecule has 2 amide bonds. The lowest BCUT2D eigenvalue weighted by Gasteiger charge is -2.05. The number of amides is 2. The Balaban J connectivity index is 1.36. The quantitative estimate of drug-likeness (QED) is 0.461. The van der Waals surface area contributed by atoms with Crippen LogP contribution in [0.15, 0.2) is 60.0 Å². The molecule has 0 aliphatic heterocycles. The number of anilines is 2. The Labute approximate surface area is 180 Å². The predicted octanol–water partition coefficient (Wildman–Crippen LogP) is 4.75. The molecule has 0 atom stereocenters. The molecule has 0 fully saturated rings. The normalized spacial score (nSPS) is 10.6. The van der Waals surface area contributed by atoms with Crippen molar-refractivity contribution in [2.24, 2.45) is 0 Å². The number of hydrogen-bond acceptors (Lipinski definition) is 5. The van der Waals surface area contributed by atoms with Crippen molar-refractivity contribution < 1.29 is 14.3 Å². The van der Waals surface area contributed by atoms with Crippen LogP contribution >= 0.6 is 11.3 Å². The molecular formula is C23H25N3O3S. The summed E-state index contributed by atoms with van der Waals surface area (Å²) in [5.74, 6) is -0.174. The van der Waals surface area contributed by atoms with E-state index in [1.54, 1.807) is 0 Å². The van der Waals surface area contributed by atoms with Gasteiger partial charge in [-0.05, 0) is 30.5 Å². The molecule has 0 unspecified atom stereocenters. The summed E-state index contributed by atoms with van der Waals surface area (Å²) in [4.78, 5) is 27.7. The first kappa shape index (κ1) is 21.7. The number of nitrogens with zero attached hydrogens (tertiary/aromatic N) is 1. The van der Waals surface area contributed by atoms with Gasteiger partial charge in [0.2, 0.25) is 11.8 Å². The van der Waals surface area contributed by atoms with E-state index in [0.717, 1.165) is 23.4 Å². The summed E-state index contributed by atoms with van der Waals surface area (Å²) in [6.07, 6.45) is 1.94. The van der Waals surface area contributed by atoms with E-state index in [0.29, 0.717) is 31.2 Å². The van der Waals surface area contributed by atoms with Crippen LogP contribution in [-0.4, -0.2) is 30.0 Å². The molecule has 156 valence electrons.